The first-order chi connectivity index (χ1) is 26.7. The van der Waals surface area contributed by atoms with Crippen LogP contribution in [0.2, 0.25) is 0 Å². The van der Waals surface area contributed by atoms with E-state index in [9.17, 15) is 34.6 Å². The third kappa shape index (κ3) is 13.2. The number of aldehydes is 1. The number of hydrogen-bond acceptors (Lipinski definition) is 14. The highest BCUT2D eigenvalue weighted by atomic mass is 16.6. The van der Waals surface area contributed by atoms with Crippen LogP contribution in [0.5, 0.6) is 11.5 Å². The number of nitrogens with zero attached hydrogens (tertiary/aromatic N) is 9. The fraction of sp³-hybridized carbons (Fsp3) is 0.556. The van der Waals surface area contributed by atoms with Gasteiger partial charge in [-0.15, -0.1) is 0 Å². The van der Waals surface area contributed by atoms with Crippen molar-refractivity contribution in [3.8, 4) is 11.5 Å². The number of nitro benzene ring substituents is 2. The molecule has 0 atom stereocenters. The molecule has 2 aliphatic heterocycles. The lowest BCUT2D eigenvalue weighted by Gasteiger charge is -2.33. The monoisotopic (exact) mass is 798 g/mol. The maximum atomic E-state index is 12.2. The van der Waals surface area contributed by atoms with Gasteiger partial charge >= 0.3 is 23.6 Å². The van der Waals surface area contributed by atoms with Crippen molar-refractivity contribution in [1.29, 1.82) is 0 Å². The summed E-state index contributed by atoms with van der Waals surface area (Å²) in [4.78, 5) is 61.0. The highest BCUT2D eigenvalue weighted by molar-refractivity contribution is 5.86. The maximum absolute atomic E-state index is 12.2. The molecule has 0 saturated carbocycles. The van der Waals surface area contributed by atoms with Crippen LogP contribution < -0.4 is 15.2 Å². The van der Waals surface area contributed by atoms with Gasteiger partial charge < -0.3 is 34.5 Å². The van der Waals surface area contributed by atoms with Crippen LogP contribution in [0.15, 0.2) is 35.6 Å². The molecule has 0 aliphatic carbocycles. The predicted octanol–water partition coefficient (Wildman–Crippen LogP) is 7.23. The number of methoxy groups -OCH3 is 2. The second-order valence-corrected chi connectivity index (χ2v) is 15.1. The van der Waals surface area contributed by atoms with Gasteiger partial charge in [-0.1, -0.05) is 5.11 Å². The number of ether oxygens (including phenoxy) is 4. The molecular weight excluding hydrogens is 748 g/mol. The Morgan fingerprint density at radius 1 is 0.860 bits per heavy atom. The van der Waals surface area contributed by atoms with E-state index in [0.29, 0.717) is 30.3 Å². The van der Waals surface area contributed by atoms with Gasteiger partial charge in [0, 0.05) is 72.5 Å². The minimum Gasteiger partial charge on any atom is -0.490 e. The molecule has 57 heavy (non-hydrogen) atoms. The number of amides is 2. The third-order valence-electron chi connectivity index (χ3n) is 8.51. The largest absolute Gasteiger partial charge is 0.490 e. The summed E-state index contributed by atoms with van der Waals surface area (Å²) in [5.41, 5.74) is 13.2. The van der Waals surface area contributed by atoms with Gasteiger partial charge in [0.05, 0.1) is 41.3 Å². The fourth-order valence-corrected chi connectivity index (χ4v) is 5.71. The molecule has 21 heteroatoms. The van der Waals surface area contributed by atoms with Crippen molar-refractivity contribution in [1.82, 2.24) is 19.6 Å². The topological polar surface area (TPSA) is 273 Å². The van der Waals surface area contributed by atoms with E-state index in [0.717, 1.165) is 50.9 Å². The van der Waals surface area contributed by atoms with E-state index in [1.54, 1.807) is 15.9 Å². The first-order valence-corrected chi connectivity index (χ1v) is 18.0. The molecule has 0 spiro atoms. The molecular formula is C36H50N10O11. The molecule has 2 amide bonds. The van der Waals surface area contributed by atoms with Crippen LogP contribution in [-0.4, -0.2) is 106 Å². The van der Waals surface area contributed by atoms with Gasteiger partial charge in [-0.05, 0) is 78.8 Å². The van der Waals surface area contributed by atoms with Crippen molar-refractivity contribution in [3.63, 3.8) is 0 Å². The molecule has 2 aromatic carbocycles. The molecule has 5 rings (SSSR count). The third-order valence-corrected chi connectivity index (χ3v) is 8.51. The fourth-order valence-electron chi connectivity index (χ4n) is 5.71. The molecule has 2 aliphatic rings. The van der Waals surface area contributed by atoms with Crippen molar-refractivity contribution in [3.05, 3.63) is 66.7 Å². The highest BCUT2D eigenvalue weighted by Crippen LogP contribution is 2.35. The number of likely N-dealkylation sites (tertiary alicyclic amines) is 2. The SMILES string of the molecule is CC(C)(C)OC(=O)N1CCC(N)CC1.COc1cc(N=[N+]=[N-])c(C=O)cc1[N+](=O)[O-].COc1cc2nn(C3CCN(C(=O)OC(C)(C)C)CC3)cc2cc1[N+](=O)[O-]. The number of benzene rings is 2. The van der Waals surface area contributed by atoms with Gasteiger partial charge in [-0.2, -0.15) is 5.10 Å². The number of nitrogens with two attached hydrogens (primary N) is 1. The summed E-state index contributed by atoms with van der Waals surface area (Å²) in [6.07, 6.45) is 4.90. The number of piperidine rings is 2. The number of nitro groups is 2. The first kappa shape index (κ1) is 45.2. The van der Waals surface area contributed by atoms with E-state index < -0.39 is 21.0 Å². The molecule has 3 heterocycles. The molecule has 0 unspecified atom stereocenters. The zero-order chi connectivity index (χ0) is 42.7. The van der Waals surface area contributed by atoms with E-state index in [1.165, 1.54) is 20.3 Å². The summed E-state index contributed by atoms with van der Waals surface area (Å²) in [6.45, 7) is 13.8. The Morgan fingerprint density at radius 2 is 1.33 bits per heavy atom. The Kier molecular flexibility index (Phi) is 15.5. The van der Waals surface area contributed by atoms with Crippen LogP contribution >= 0.6 is 0 Å². The number of rotatable bonds is 7. The quantitative estimate of drug-likeness (QED) is 0.0617. The first-order valence-electron chi connectivity index (χ1n) is 18.0. The highest BCUT2D eigenvalue weighted by Gasteiger charge is 2.29. The van der Waals surface area contributed by atoms with E-state index >= 15 is 0 Å². The molecule has 1 aromatic heterocycles. The van der Waals surface area contributed by atoms with Gasteiger partial charge in [-0.3, -0.25) is 29.7 Å². The molecule has 2 fully saturated rings. The second kappa shape index (κ2) is 19.6. The van der Waals surface area contributed by atoms with Crippen LogP contribution in [-0.2, 0) is 9.47 Å². The number of azide groups is 1. The lowest BCUT2D eigenvalue weighted by molar-refractivity contribution is -0.385. The van der Waals surface area contributed by atoms with Crippen molar-refractivity contribution >= 4 is 46.4 Å². The smallest absolute Gasteiger partial charge is 0.410 e. The zero-order valence-electron chi connectivity index (χ0n) is 33.4. The van der Waals surface area contributed by atoms with Crippen molar-refractivity contribution in [2.24, 2.45) is 10.8 Å². The summed E-state index contributed by atoms with van der Waals surface area (Å²) in [5.74, 6) is 0.121. The van der Waals surface area contributed by atoms with E-state index in [-0.39, 0.29) is 58.4 Å². The molecule has 0 radical (unpaired) electrons. The van der Waals surface area contributed by atoms with Crippen molar-refractivity contribution < 1.29 is 43.2 Å². The molecule has 3 aromatic rings. The molecule has 310 valence electrons. The molecule has 2 N–H and O–H groups in total. The van der Waals surface area contributed by atoms with Gasteiger partial charge in [0.25, 0.3) is 0 Å². The number of aromatic nitrogens is 2. The predicted molar refractivity (Wildman–Crippen MR) is 208 cm³/mol. The Bertz CT molecular complexity index is 1970. The summed E-state index contributed by atoms with van der Waals surface area (Å²) >= 11 is 0. The number of hydrogen-bond donors (Lipinski definition) is 1. The van der Waals surface area contributed by atoms with Crippen LogP contribution in [0.25, 0.3) is 21.3 Å². The Hall–Kier alpha value is -6.21. The number of fused-ring (bicyclic) bond motifs is 1. The normalized spacial score (nSPS) is 14.8. The lowest BCUT2D eigenvalue weighted by Crippen LogP contribution is -2.44. The Labute approximate surface area is 328 Å². The van der Waals surface area contributed by atoms with E-state index in [4.69, 9.17) is 30.2 Å². The Balaban J connectivity index is 0.000000248. The van der Waals surface area contributed by atoms with Crippen molar-refractivity contribution in [2.45, 2.75) is 90.5 Å². The van der Waals surface area contributed by atoms with Crippen LogP contribution in [0.4, 0.5) is 26.7 Å². The van der Waals surface area contributed by atoms with Gasteiger partial charge in [-0.25, -0.2) is 9.59 Å². The van der Waals surface area contributed by atoms with Crippen molar-refractivity contribution in [2.75, 3.05) is 40.4 Å². The summed E-state index contributed by atoms with van der Waals surface area (Å²) < 4.78 is 22.4. The minimum atomic E-state index is -0.689. The minimum absolute atomic E-state index is 0.0139. The van der Waals surface area contributed by atoms with E-state index in [2.05, 4.69) is 15.1 Å². The lowest BCUT2D eigenvalue weighted by atomic mass is 10.1. The molecule has 2 saturated heterocycles. The summed E-state index contributed by atoms with van der Waals surface area (Å²) in [5, 5.41) is 30.3. The van der Waals surface area contributed by atoms with Crippen LogP contribution in [0.3, 0.4) is 0 Å². The summed E-state index contributed by atoms with van der Waals surface area (Å²) in [7, 11) is 2.64. The van der Waals surface area contributed by atoms with Gasteiger partial charge in [0.2, 0.25) is 0 Å². The Morgan fingerprint density at radius 3 is 1.77 bits per heavy atom. The standard InChI is InChI=1S/C18H24N4O5.C10H20N2O2.C8H6N4O4/c1-18(2,3)27-17(23)20-7-5-13(6-8-20)21-11-12-9-15(22(24)25)16(26-4)10-14(12)19-21;1-10(2,3)14-9(13)12-6-4-8(11)5-7-12;1-16-8-3-6(10-11-9)5(4-13)2-7(8)12(14)15/h9-11,13H,5-8H2,1-4H3;8H,4-7,11H2,1-3H3;2-4H,1H3. The average Bonchev–Trinajstić information content (AvgIpc) is 3.57. The van der Waals surface area contributed by atoms with Gasteiger partial charge in [0.1, 0.15) is 11.2 Å². The summed E-state index contributed by atoms with van der Waals surface area (Å²) in [6, 6.07) is 5.57. The van der Waals surface area contributed by atoms with Crippen LogP contribution in [0, 0.1) is 20.2 Å². The zero-order valence-corrected chi connectivity index (χ0v) is 33.4. The molecule has 21 nitrogen and oxygen atoms in total. The van der Waals surface area contributed by atoms with Crippen LogP contribution in [0.1, 0.15) is 83.6 Å². The maximum Gasteiger partial charge on any atom is 0.410 e. The average molecular weight is 799 g/mol. The van der Waals surface area contributed by atoms with Gasteiger partial charge in [0.15, 0.2) is 17.8 Å². The second-order valence-electron chi connectivity index (χ2n) is 15.1. The molecule has 0 bridgehead atoms. The number of carbonyl (C=O) groups is 3. The van der Waals surface area contributed by atoms with E-state index in [1.807, 2.05) is 52.4 Å². The number of carbonyl (C=O) groups excluding carboxylic acids is 3.